The van der Waals surface area contributed by atoms with Gasteiger partial charge in [-0.1, -0.05) is 26.8 Å². The van der Waals surface area contributed by atoms with Crippen LogP contribution in [0.5, 0.6) is 0 Å². The molecule has 0 aliphatic carbocycles. The summed E-state index contributed by atoms with van der Waals surface area (Å²) in [5, 5.41) is 11.8. The van der Waals surface area contributed by atoms with Gasteiger partial charge >= 0.3 is 5.97 Å². The molecule has 0 radical (unpaired) electrons. The molecular weight excluding hydrogens is 344 g/mol. The number of anilines is 1. The Bertz CT molecular complexity index is 751. The Hall–Kier alpha value is -2.09. The molecule has 3 N–H and O–H groups in total. The number of hydrogen-bond donors (Lipinski definition) is 3. The third-order valence-corrected chi connectivity index (χ3v) is 4.17. The zero-order valence-corrected chi connectivity index (χ0v) is 16.0. The molecule has 0 saturated heterocycles. The Morgan fingerprint density at radius 2 is 1.84 bits per heavy atom. The first-order valence-corrected chi connectivity index (χ1v) is 9.80. The number of rotatable bonds is 7. The second-order valence-corrected chi connectivity index (χ2v) is 9.12. The molecule has 1 amide bonds. The normalized spacial score (nSPS) is 13.2. The third-order valence-electron chi connectivity index (χ3n) is 3.58. The van der Waals surface area contributed by atoms with Crippen LogP contribution < -0.4 is 10.0 Å². The van der Waals surface area contributed by atoms with Crippen molar-refractivity contribution >= 4 is 27.6 Å². The fraction of sp³-hybridized carbons (Fsp3) is 0.529. The van der Waals surface area contributed by atoms with Gasteiger partial charge in [0.1, 0.15) is 6.04 Å². The van der Waals surface area contributed by atoms with Crippen LogP contribution in [0.1, 0.15) is 49.5 Å². The zero-order chi connectivity index (χ0) is 19.4. The van der Waals surface area contributed by atoms with Crippen molar-refractivity contribution in [1.29, 1.82) is 0 Å². The van der Waals surface area contributed by atoms with Crippen LogP contribution in [0.25, 0.3) is 0 Å². The van der Waals surface area contributed by atoms with Gasteiger partial charge < -0.3 is 10.4 Å². The van der Waals surface area contributed by atoms with Crippen LogP contribution in [0, 0.1) is 12.3 Å². The van der Waals surface area contributed by atoms with E-state index in [0.29, 0.717) is 18.4 Å². The van der Waals surface area contributed by atoms with Gasteiger partial charge in [-0.05, 0) is 42.9 Å². The molecule has 0 bridgehead atoms. The van der Waals surface area contributed by atoms with Gasteiger partial charge in [0.05, 0.1) is 11.9 Å². The van der Waals surface area contributed by atoms with Crippen molar-refractivity contribution in [1.82, 2.24) is 5.32 Å². The van der Waals surface area contributed by atoms with Gasteiger partial charge in [0.25, 0.3) is 5.91 Å². The van der Waals surface area contributed by atoms with Crippen LogP contribution in [0.15, 0.2) is 18.2 Å². The first kappa shape index (κ1) is 21.0. The highest BCUT2D eigenvalue weighted by Gasteiger charge is 2.23. The summed E-state index contributed by atoms with van der Waals surface area (Å²) in [7, 11) is -3.48. The van der Waals surface area contributed by atoms with Crippen molar-refractivity contribution in [2.45, 2.75) is 46.6 Å². The summed E-state index contributed by atoms with van der Waals surface area (Å²) >= 11 is 0. The highest BCUT2D eigenvalue weighted by molar-refractivity contribution is 7.92. The van der Waals surface area contributed by atoms with Crippen LogP contribution in [0.3, 0.4) is 0 Å². The summed E-state index contributed by atoms with van der Waals surface area (Å²) in [6.07, 6.45) is 1.97. The largest absolute Gasteiger partial charge is 0.480 e. The van der Waals surface area contributed by atoms with Crippen LogP contribution in [0.4, 0.5) is 5.69 Å². The standard InChI is InChI=1S/C17H26N2O5S/c1-11-6-7-12(10-14(11)19-25(5,23)24)15(20)18-13(16(21)22)8-9-17(2,3)4/h6-7,10,13,19H,8-9H2,1-5H3,(H,18,20)(H,21,22). The lowest BCUT2D eigenvalue weighted by molar-refractivity contribution is -0.139. The van der Waals surface area contributed by atoms with Crippen molar-refractivity contribution in [3.63, 3.8) is 0 Å². The Balaban J connectivity index is 2.94. The number of benzene rings is 1. The molecule has 8 heteroatoms. The van der Waals surface area contributed by atoms with Crippen LogP contribution in [-0.2, 0) is 14.8 Å². The molecule has 25 heavy (non-hydrogen) atoms. The number of carbonyl (C=O) groups is 2. The fourth-order valence-electron chi connectivity index (χ4n) is 2.15. The minimum absolute atomic E-state index is 0.0468. The first-order chi connectivity index (χ1) is 11.3. The summed E-state index contributed by atoms with van der Waals surface area (Å²) in [6, 6.07) is 3.53. The lowest BCUT2D eigenvalue weighted by Gasteiger charge is -2.21. The van der Waals surface area contributed by atoms with E-state index in [1.54, 1.807) is 13.0 Å². The summed E-state index contributed by atoms with van der Waals surface area (Å²) in [5.41, 5.74) is 1.09. The predicted molar refractivity (Wildman–Crippen MR) is 97.2 cm³/mol. The molecule has 1 rings (SSSR count). The second-order valence-electron chi connectivity index (χ2n) is 7.37. The minimum Gasteiger partial charge on any atom is -0.480 e. The number of nitrogens with one attached hydrogen (secondary N) is 2. The Labute approximate surface area is 148 Å². The lowest BCUT2D eigenvalue weighted by Crippen LogP contribution is -2.41. The van der Waals surface area contributed by atoms with Gasteiger partial charge in [-0.3, -0.25) is 9.52 Å². The minimum atomic E-state index is -3.48. The molecule has 1 atom stereocenters. The van der Waals surface area contributed by atoms with Gasteiger partial charge in [-0.15, -0.1) is 0 Å². The maximum atomic E-state index is 12.4. The van der Waals surface area contributed by atoms with Gasteiger partial charge in [-0.25, -0.2) is 13.2 Å². The van der Waals surface area contributed by atoms with E-state index < -0.39 is 27.9 Å². The molecule has 1 aromatic rings. The summed E-state index contributed by atoms with van der Waals surface area (Å²) in [6.45, 7) is 7.70. The maximum Gasteiger partial charge on any atom is 0.326 e. The number of carboxylic acid groups (broad SMARTS) is 1. The van der Waals surface area contributed by atoms with E-state index in [9.17, 15) is 23.1 Å². The van der Waals surface area contributed by atoms with Gasteiger partial charge in [0, 0.05) is 5.56 Å². The monoisotopic (exact) mass is 370 g/mol. The predicted octanol–water partition coefficient (Wildman–Crippen LogP) is 2.38. The summed E-state index contributed by atoms with van der Waals surface area (Å²) in [5.74, 6) is -1.66. The van der Waals surface area contributed by atoms with Gasteiger partial charge in [-0.2, -0.15) is 0 Å². The first-order valence-electron chi connectivity index (χ1n) is 7.90. The molecule has 0 aliphatic rings. The third kappa shape index (κ3) is 7.55. The summed E-state index contributed by atoms with van der Waals surface area (Å²) < 4.78 is 25.1. The Morgan fingerprint density at radius 1 is 1.24 bits per heavy atom. The molecule has 0 heterocycles. The van der Waals surface area contributed by atoms with Crippen molar-refractivity contribution in [3.8, 4) is 0 Å². The molecule has 0 spiro atoms. The van der Waals surface area contributed by atoms with Gasteiger partial charge in [0.15, 0.2) is 0 Å². The van der Waals surface area contributed by atoms with Crippen LogP contribution in [-0.4, -0.2) is 37.7 Å². The molecule has 7 nitrogen and oxygen atoms in total. The van der Waals surface area contributed by atoms with E-state index in [4.69, 9.17) is 0 Å². The molecular formula is C17H26N2O5S. The molecule has 140 valence electrons. The number of aliphatic carboxylic acids is 1. The molecule has 1 unspecified atom stereocenters. The average molecular weight is 370 g/mol. The van der Waals surface area contributed by atoms with E-state index >= 15 is 0 Å². The molecule has 0 aliphatic heterocycles. The zero-order valence-electron chi connectivity index (χ0n) is 15.2. The van der Waals surface area contributed by atoms with E-state index in [2.05, 4.69) is 10.0 Å². The van der Waals surface area contributed by atoms with Crippen molar-refractivity contribution in [3.05, 3.63) is 29.3 Å². The maximum absolute atomic E-state index is 12.4. The van der Waals surface area contributed by atoms with Gasteiger partial charge in [0.2, 0.25) is 10.0 Å². The number of amides is 1. The highest BCUT2D eigenvalue weighted by atomic mass is 32.2. The van der Waals surface area contributed by atoms with Crippen LogP contribution in [0.2, 0.25) is 0 Å². The van der Waals surface area contributed by atoms with E-state index in [1.807, 2.05) is 20.8 Å². The number of hydrogen-bond acceptors (Lipinski definition) is 4. The Kier molecular flexibility index (Phi) is 6.59. The van der Waals surface area contributed by atoms with Crippen molar-refractivity contribution in [2.24, 2.45) is 5.41 Å². The molecule has 0 aromatic heterocycles. The second kappa shape index (κ2) is 7.86. The number of carbonyl (C=O) groups excluding carboxylic acids is 1. The van der Waals surface area contributed by atoms with Crippen LogP contribution >= 0.6 is 0 Å². The SMILES string of the molecule is Cc1ccc(C(=O)NC(CCC(C)(C)C)C(=O)O)cc1NS(C)(=O)=O. The van der Waals surface area contributed by atoms with E-state index in [1.165, 1.54) is 12.1 Å². The smallest absolute Gasteiger partial charge is 0.326 e. The van der Waals surface area contributed by atoms with E-state index in [0.717, 1.165) is 6.26 Å². The fourth-order valence-corrected chi connectivity index (χ4v) is 2.77. The topological polar surface area (TPSA) is 113 Å². The van der Waals surface area contributed by atoms with Crippen molar-refractivity contribution < 1.29 is 23.1 Å². The molecule has 1 aromatic carbocycles. The molecule has 0 saturated carbocycles. The summed E-state index contributed by atoms with van der Waals surface area (Å²) in [4.78, 5) is 23.7. The number of aryl methyl sites for hydroxylation is 1. The van der Waals surface area contributed by atoms with E-state index in [-0.39, 0.29) is 16.7 Å². The quantitative estimate of drug-likeness (QED) is 0.682. The average Bonchev–Trinajstić information content (AvgIpc) is 2.42. The molecule has 0 fully saturated rings. The number of sulfonamides is 1. The van der Waals surface area contributed by atoms with Crippen molar-refractivity contribution in [2.75, 3.05) is 11.0 Å². The Morgan fingerprint density at radius 3 is 2.32 bits per heavy atom. The lowest BCUT2D eigenvalue weighted by atomic mass is 9.88. The number of carboxylic acids is 1. The highest BCUT2D eigenvalue weighted by Crippen LogP contribution is 2.22.